The number of nitrogens with one attached hydrogen (secondary N) is 1. The third kappa shape index (κ3) is 3.19. The number of hydrogen-bond acceptors (Lipinski definition) is 6. The quantitative estimate of drug-likeness (QED) is 0.326. The zero-order valence-corrected chi connectivity index (χ0v) is 12.7. The number of rotatable bonds is 5. The molecule has 2 amide bonds. The zero-order chi connectivity index (χ0) is 15.6. The maximum Gasteiger partial charge on any atom is 0.277 e. The summed E-state index contributed by atoms with van der Waals surface area (Å²) in [6.07, 6.45) is 1.10. The van der Waals surface area contributed by atoms with Crippen LogP contribution in [0.1, 0.15) is 0 Å². The first kappa shape index (κ1) is 15.4. The van der Waals surface area contributed by atoms with E-state index in [4.69, 9.17) is 5.11 Å². The Labute approximate surface area is 132 Å². The van der Waals surface area contributed by atoms with Crippen molar-refractivity contribution in [2.24, 2.45) is 0 Å². The molecule has 0 spiro atoms. The second-order valence-corrected chi connectivity index (χ2v) is 5.29. The van der Waals surface area contributed by atoms with Crippen LogP contribution >= 0.6 is 22.6 Å². The third-order valence-electron chi connectivity index (χ3n) is 2.76. The van der Waals surface area contributed by atoms with Gasteiger partial charge in [0.05, 0.1) is 23.8 Å². The van der Waals surface area contributed by atoms with E-state index in [1.54, 1.807) is 0 Å². The molecule has 2 N–H and O–H groups in total. The number of amides is 2. The normalized spacial score (nSPS) is 14.4. The number of benzene rings is 1. The van der Waals surface area contributed by atoms with E-state index < -0.39 is 16.7 Å². The molecule has 0 fully saturated rings. The molecular weight excluding hydrogens is 393 g/mol. The number of hydrogen-bond donors (Lipinski definition) is 2. The van der Waals surface area contributed by atoms with Crippen LogP contribution in [0.25, 0.3) is 0 Å². The lowest BCUT2D eigenvalue weighted by Gasteiger charge is -2.13. The second kappa shape index (κ2) is 6.18. The van der Waals surface area contributed by atoms with Crippen molar-refractivity contribution in [1.29, 1.82) is 0 Å². The zero-order valence-electron chi connectivity index (χ0n) is 10.6. The Morgan fingerprint density at radius 3 is 2.71 bits per heavy atom. The van der Waals surface area contributed by atoms with Gasteiger partial charge in [0.25, 0.3) is 17.5 Å². The minimum Gasteiger partial charge on any atom is -0.395 e. The van der Waals surface area contributed by atoms with Crippen molar-refractivity contribution in [3.63, 3.8) is 0 Å². The van der Waals surface area contributed by atoms with Gasteiger partial charge in [-0.1, -0.05) is 0 Å². The SMILES string of the molecule is O=C1C=C(Nc2cc([N+](=O)[O-])ccc2I)C(=O)N1CCO. The highest BCUT2D eigenvalue weighted by Gasteiger charge is 2.31. The molecule has 9 heteroatoms. The number of imide groups is 1. The molecule has 2 rings (SSSR count). The largest absolute Gasteiger partial charge is 0.395 e. The monoisotopic (exact) mass is 403 g/mol. The highest BCUT2D eigenvalue weighted by molar-refractivity contribution is 14.1. The van der Waals surface area contributed by atoms with E-state index in [1.165, 1.54) is 18.2 Å². The molecule has 0 bridgehead atoms. The van der Waals surface area contributed by atoms with Gasteiger partial charge in [-0.05, 0) is 28.7 Å². The number of nitrogens with zero attached hydrogens (tertiary/aromatic N) is 2. The molecule has 1 aromatic carbocycles. The van der Waals surface area contributed by atoms with Crippen molar-refractivity contribution >= 4 is 45.8 Å². The van der Waals surface area contributed by atoms with Crippen LogP contribution in [0.2, 0.25) is 0 Å². The molecular formula is C12H10IN3O5. The Morgan fingerprint density at radius 2 is 2.10 bits per heavy atom. The first-order chi connectivity index (χ1) is 9.93. The van der Waals surface area contributed by atoms with E-state index in [1.807, 2.05) is 22.6 Å². The van der Waals surface area contributed by atoms with Crippen molar-refractivity contribution in [3.8, 4) is 0 Å². The molecule has 0 aromatic heterocycles. The van der Waals surface area contributed by atoms with Crippen molar-refractivity contribution < 1.29 is 19.6 Å². The van der Waals surface area contributed by atoms with Crippen LogP contribution in [-0.2, 0) is 9.59 Å². The topological polar surface area (TPSA) is 113 Å². The number of carbonyl (C=O) groups is 2. The molecule has 0 atom stereocenters. The van der Waals surface area contributed by atoms with Gasteiger partial charge in [0.2, 0.25) is 0 Å². The Morgan fingerprint density at radius 1 is 1.38 bits per heavy atom. The van der Waals surface area contributed by atoms with Gasteiger partial charge in [-0.15, -0.1) is 0 Å². The molecule has 8 nitrogen and oxygen atoms in total. The van der Waals surface area contributed by atoms with E-state index in [-0.39, 0.29) is 24.5 Å². The smallest absolute Gasteiger partial charge is 0.277 e. The van der Waals surface area contributed by atoms with Crippen LogP contribution in [-0.4, -0.2) is 39.9 Å². The molecule has 0 unspecified atom stereocenters. The van der Waals surface area contributed by atoms with Crippen LogP contribution in [0, 0.1) is 13.7 Å². The van der Waals surface area contributed by atoms with Crippen LogP contribution < -0.4 is 5.32 Å². The summed E-state index contributed by atoms with van der Waals surface area (Å²) in [6.45, 7) is -0.418. The van der Waals surface area contributed by atoms with E-state index in [9.17, 15) is 19.7 Å². The van der Waals surface area contributed by atoms with Gasteiger partial charge in [-0.3, -0.25) is 24.6 Å². The van der Waals surface area contributed by atoms with Crippen LogP contribution in [0.3, 0.4) is 0 Å². The lowest BCUT2D eigenvalue weighted by molar-refractivity contribution is -0.384. The summed E-state index contributed by atoms with van der Waals surface area (Å²) >= 11 is 1.96. The first-order valence-electron chi connectivity index (χ1n) is 5.83. The van der Waals surface area contributed by atoms with Gasteiger partial charge in [-0.2, -0.15) is 0 Å². The summed E-state index contributed by atoms with van der Waals surface area (Å²) in [6, 6.07) is 4.17. The third-order valence-corrected chi connectivity index (χ3v) is 3.70. The van der Waals surface area contributed by atoms with Crippen molar-refractivity contribution in [2.45, 2.75) is 0 Å². The number of aliphatic hydroxyl groups excluding tert-OH is 1. The molecule has 1 aromatic rings. The molecule has 0 aliphatic carbocycles. The number of aliphatic hydroxyl groups is 1. The Hall–Kier alpha value is -2.01. The molecule has 0 saturated heterocycles. The summed E-state index contributed by atoms with van der Waals surface area (Å²) in [5.74, 6) is -1.10. The standard InChI is InChI=1S/C12H10IN3O5/c13-8-2-1-7(16(20)21)5-9(8)14-10-6-11(18)15(3-4-17)12(10)19/h1-2,5-6,14,17H,3-4H2. The Balaban J connectivity index is 2.25. The molecule has 1 heterocycles. The van der Waals surface area contributed by atoms with E-state index in [2.05, 4.69) is 5.32 Å². The fraction of sp³-hybridized carbons (Fsp3) is 0.167. The van der Waals surface area contributed by atoms with Gasteiger partial charge >= 0.3 is 0 Å². The number of carbonyl (C=O) groups excluding carboxylic acids is 2. The summed E-state index contributed by atoms with van der Waals surface area (Å²) in [7, 11) is 0. The van der Waals surface area contributed by atoms with Gasteiger partial charge < -0.3 is 10.4 Å². The minimum atomic E-state index is -0.573. The lowest BCUT2D eigenvalue weighted by atomic mass is 10.2. The van der Waals surface area contributed by atoms with Gasteiger partial charge in [0, 0.05) is 21.8 Å². The molecule has 0 saturated carbocycles. The van der Waals surface area contributed by atoms with Crippen molar-refractivity contribution in [2.75, 3.05) is 18.5 Å². The fourth-order valence-electron chi connectivity index (χ4n) is 1.78. The average Bonchev–Trinajstić information content (AvgIpc) is 2.69. The number of nitro groups is 1. The van der Waals surface area contributed by atoms with Gasteiger partial charge in [-0.25, -0.2) is 0 Å². The highest BCUT2D eigenvalue weighted by Crippen LogP contribution is 2.26. The number of anilines is 1. The Kier molecular flexibility index (Phi) is 4.53. The number of nitro benzene ring substituents is 1. The molecule has 1 aliphatic rings. The van der Waals surface area contributed by atoms with Gasteiger partial charge in [0.1, 0.15) is 5.70 Å². The van der Waals surface area contributed by atoms with Gasteiger partial charge in [0.15, 0.2) is 0 Å². The maximum absolute atomic E-state index is 12.0. The second-order valence-electron chi connectivity index (χ2n) is 4.12. The lowest BCUT2D eigenvalue weighted by Crippen LogP contribution is -2.34. The molecule has 110 valence electrons. The van der Waals surface area contributed by atoms with E-state index in [0.717, 1.165) is 11.0 Å². The van der Waals surface area contributed by atoms with E-state index in [0.29, 0.717) is 9.26 Å². The van der Waals surface area contributed by atoms with Crippen LogP contribution in [0.5, 0.6) is 0 Å². The summed E-state index contributed by atoms with van der Waals surface area (Å²) in [4.78, 5) is 34.7. The highest BCUT2D eigenvalue weighted by atomic mass is 127. The van der Waals surface area contributed by atoms with Crippen molar-refractivity contribution in [1.82, 2.24) is 4.90 Å². The molecule has 21 heavy (non-hydrogen) atoms. The minimum absolute atomic E-state index is 0.0202. The predicted molar refractivity (Wildman–Crippen MR) is 81.3 cm³/mol. The molecule has 0 radical (unpaired) electrons. The summed E-state index contributed by atoms with van der Waals surface area (Å²) in [5.41, 5.74) is 0.261. The predicted octanol–water partition coefficient (Wildman–Crippen LogP) is 0.856. The first-order valence-corrected chi connectivity index (χ1v) is 6.91. The van der Waals surface area contributed by atoms with Crippen molar-refractivity contribution in [3.05, 3.63) is 43.7 Å². The molecule has 1 aliphatic heterocycles. The maximum atomic E-state index is 12.0. The van der Waals surface area contributed by atoms with Crippen LogP contribution in [0.4, 0.5) is 11.4 Å². The number of β-amino-alcohol motifs (C(OH)–C–C–N with tert-alkyl or cyclic N) is 1. The average molecular weight is 403 g/mol. The fourth-order valence-corrected chi connectivity index (χ4v) is 2.25. The number of non-ortho nitro benzene ring substituents is 1. The number of halogens is 1. The van der Waals surface area contributed by atoms with Crippen LogP contribution in [0.15, 0.2) is 30.0 Å². The summed E-state index contributed by atoms with van der Waals surface area (Å²) < 4.78 is 0.667. The Bertz CT molecular complexity index is 658. The van der Waals surface area contributed by atoms with E-state index >= 15 is 0 Å². The summed E-state index contributed by atoms with van der Waals surface area (Å²) in [5, 5.41) is 22.3.